The van der Waals surface area contributed by atoms with E-state index in [4.69, 9.17) is 4.74 Å². The minimum atomic E-state index is -0.519. The van der Waals surface area contributed by atoms with Crippen molar-refractivity contribution in [2.45, 2.75) is 90.9 Å². The van der Waals surface area contributed by atoms with Crippen molar-refractivity contribution >= 4 is 17.8 Å². The summed E-state index contributed by atoms with van der Waals surface area (Å²) >= 11 is 0. The Bertz CT molecular complexity index is 582. The van der Waals surface area contributed by atoms with Crippen LogP contribution in [-0.2, 0) is 23.9 Å². The van der Waals surface area contributed by atoms with Gasteiger partial charge < -0.3 is 14.4 Å². The summed E-state index contributed by atoms with van der Waals surface area (Å²) < 4.78 is 9.47. The van der Waals surface area contributed by atoms with E-state index in [0.29, 0.717) is 25.1 Å². The Hall–Kier alpha value is -2.37. The van der Waals surface area contributed by atoms with Crippen LogP contribution in [0.4, 0.5) is 0 Å². The normalized spacial score (nSPS) is 13.0. The average Bonchev–Trinajstić information content (AvgIpc) is 3.15. The molecule has 0 atom stereocenters. The van der Waals surface area contributed by atoms with Gasteiger partial charge in [0.2, 0.25) is 5.91 Å². The zero-order valence-corrected chi connectivity index (χ0v) is 19.5. The van der Waals surface area contributed by atoms with Crippen molar-refractivity contribution in [1.82, 2.24) is 4.90 Å². The minimum absolute atomic E-state index is 0.0441. The summed E-state index contributed by atoms with van der Waals surface area (Å²) in [6.45, 7) is 11.9. The molecule has 1 rings (SSSR count). The molecular weight excluding hydrogens is 394 g/mol. The summed E-state index contributed by atoms with van der Waals surface area (Å²) in [4.78, 5) is 34.4. The lowest BCUT2D eigenvalue weighted by Gasteiger charge is -2.07. The molecule has 0 aromatic carbocycles. The number of amides is 1. The first-order valence-electron chi connectivity index (χ1n) is 11.5. The van der Waals surface area contributed by atoms with Crippen LogP contribution in [-0.4, -0.2) is 35.9 Å². The van der Waals surface area contributed by atoms with Gasteiger partial charge >= 0.3 is 11.9 Å². The minimum Gasteiger partial charge on any atom is -0.462 e. The number of hydrogen-bond acceptors (Lipinski definition) is 5. The monoisotopic (exact) mass is 435 g/mol. The fourth-order valence-electron chi connectivity index (χ4n) is 2.98. The maximum absolute atomic E-state index is 11.1. The molecule has 1 aliphatic rings. The lowest BCUT2D eigenvalue weighted by molar-refractivity contribution is -0.139. The van der Waals surface area contributed by atoms with E-state index in [1.165, 1.54) is 75.0 Å². The highest BCUT2D eigenvalue weighted by atomic mass is 16.5. The second kappa shape index (κ2) is 19.6. The van der Waals surface area contributed by atoms with Gasteiger partial charge in [0.15, 0.2) is 0 Å². The molecule has 6 heteroatoms. The van der Waals surface area contributed by atoms with Crippen LogP contribution in [0.2, 0.25) is 0 Å². The van der Waals surface area contributed by atoms with E-state index in [1.54, 1.807) is 6.92 Å². The molecule has 0 aromatic heterocycles. The molecule has 176 valence electrons. The molecule has 1 aliphatic heterocycles. The lowest BCUT2D eigenvalue weighted by Crippen LogP contribution is -2.17. The largest absolute Gasteiger partial charge is 0.462 e. The molecule has 0 bridgehead atoms. The number of likely N-dealkylation sites (tertiary alicyclic amines) is 1. The predicted octanol–water partition coefficient (Wildman–Crippen LogP) is 5.84. The second-order valence-corrected chi connectivity index (χ2v) is 7.71. The van der Waals surface area contributed by atoms with E-state index >= 15 is 0 Å². The van der Waals surface area contributed by atoms with Crippen molar-refractivity contribution in [2.75, 3.05) is 13.2 Å². The van der Waals surface area contributed by atoms with Crippen molar-refractivity contribution < 1.29 is 23.9 Å². The first kappa shape index (κ1) is 28.6. The van der Waals surface area contributed by atoms with Crippen LogP contribution in [0.25, 0.3) is 0 Å². The van der Waals surface area contributed by atoms with Gasteiger partial charge in [0, 0.05) is 30.8 Å². The SMILES string of the molecule is C=C(C)C(=O)OCCCCCCCCCCCC.C=COC(=O)C=CN1CCCC1=O. The van der Waals surface area contributed by atoms with E-state index in [1.807, 2.05) is 0 Å². The number of nitrogens with zero attached hydrogens (tertiary/aromatic N) is 1. The maximum atomic E-state index is 11.1. The van der Waals surface area contributed by atoms with Crippen LogP contribution in [0.15, 0.2) is 37.3 Å². The van der Waals surface area contributed by atoms with E-state index < -0.39 is 5.97 Å². The molecule has 0 spiro atoms. The van der Waals surface area contributed by atoms with Crippen molar-refractivity contribution in [1.29, 1.82) is 0 Å². The van der Waals surface area contributed by atoms with Gasteiger partial charge in [0.25, 0.3) is 0 Å². The van der Waals surface area contributed by atoms with Crippen LogP contribution in [0.5, 0.6) is 0 Å². The highest BCUT2D eigenvalue weighted by molar-refractivity contribution is 5.87. The molecule has 1 heterocycles. The summed E-state index contributed by atoms with van der Waals surface area (Å²) in [5.74, 6) is -0.733. The van der Waals surface area contributed by atoms with Gasteiger partial charge in [-0.05, 0) is 19.8 Å². The lowest BCUT2D eigenvalue weighted by atomic mass is 10.1. The van der Waals surface area contributed by atoms with Crippen molar-refractivity contribution in [2.24, 2.45) is 0 Å². The van der Waals surface area contributed by atoms with Gasteiger partial charge in [-0.3, -0.25) is 4.79 Å². The smallest absolute Gasteiger partial charge is 0.337 e. The first-order valence-corrected chi connectivity index (χ1v) is 11.5. The third-order valence-electron chi connectivity index (χ3n) is 4.78. The van der Waals surface area contributed by atoms with Crippen LogP contribution < -0.4 is 0 Å². The predicted molar refractivity (Wildman–Crippen MR) is 124 cm³/mol. The molecule has 1 fully saturated rings. The first-order chi connectivity index (χ1) is 14.9. The standard InChI is InChI=1S/C16H30O2.C9H11NO3/c1-4-5-6-7-8-9-10-11-12-13-14-18-16(17)15(2)3;1-2-13-9(12)5-7-10-6-3-4-8(10)11/h2,4-14H2,1,3H3;2,5,7H,1,3-4,6H2. The van der Waals surface area contributed by atoms with Crippen molar-refractivity contribution in [3.8, 4) is 0 Å². The van der Waals surface area contributed by atoms with Gasteiger partial charge in [-0.2, -0.15) is 0 Å². The highest BCUT2D eigenvalue weighted by Crippen LogP contribution is 2.11. The van der Waals surface area contributed by atoms with Crippen LogP contribution in [0, 0.1) is 0 Å². The number of hydrogen-bond donors (Lipinski definition) is 0. The number of carbonyl (C=O) groups excluding carboxylic acids is 3. The number of unbranched alkanes of at least 4 members (excludes halogenated alkanes) is 9. The van der Waals surface area contributed by atoms with Gasteiger partial charge in [0.05, 0.1) is 12.9 Å². The van der Waals surface area contributed by atoms with E-state index in [9.17, 15) is 14.4 Å². The molecule has 0 radical (unpaired) electrons. The Balaban J connectivity index is 0.000000609. The van der Waals surface area contributed by atoms with Gasteiger partial charge in [-0.25, -0.2) is 9.59 Å². The topological polar surface area (TPSA) is 72.9 Å². The summed E-state index contributed by atoms with van der Waals surface area (Å²) in [5, 5.41) is 0. The van der Waals surface area contributed by atoms with Crippen LogP contribution >= 0.6 is 0 Å². The van der Waals surface area contributed by atoms with E-state index in [0.717, 1.165) is 19.1 Å². The van der Waals surface area contributed by atoms with Gasteiger partial charge in [0.1, 0.15) is 0 Å². The molecule has 0 aliphatic carbocycles. The van der Waals surface area contributed by atoms with E-state index in [-0.39, 0.29) is 11.9 Å². The Kier molecular flexibility index (Phi) is 18.1. The fraction of sp³-hybridized carbons (Fsp3) is 0.640. The summed E-state index contributed by atoms with van der Waals surface area (Å²) in [6.07, 6.45) is 18.1. The summed E-state index contributed by atoms with van der Waals surface area (Å²) in [5.41, 5.74) is 0.488. The maximum Gasteiger partial charge on any atom is 0.337 e. The van der Waals surface area contributed by atoms with Crippen LogP contribution in [0.3, 0.4) is 0 Å². The molecule has 1 saturated heterocycles. The fourth-order valence-corrected chi connectivity index (χ4v) is 2.98. The quantitative estimate of drug-likeness (QED) is 0.140. The van der Waals surface area contributed by atoms with Gasteiger partial charge in [-0.1, -0.05) is 77.9 Å². The Morgan fingerprint density at radius 3 is 2.10 bits per heavy atom. The molecule has 0 N–H and O–H groups in total. The molecule has 1 amide bonds. The average molecular weight is 436 g/mol. The second-order valence-electron chi connectivity index (χ2n) is 7.71. The number of carbonyl (C=O) groups is 3. The Morgan fingerprint density at radius 1 is 1.03 bits per heavy atom. The summed E-state index contributed by atoms with van der Waals surface area (Å²) in [6, 6.07) is 0. The molecule has 31 heavy (non-hydrogen) atoms. The zero-order chi connectivity index (χ0) is 23.3. The third-order valence-corrected chi connectivity index (χ3v) is 4.78. The zero-order valence-electron chi connectivity index (χ0n) is 19.5. The molecular formula is C25H41NO5. The van der Waals surface area contributed by atoms with Crippen molar-refractivity contribution in [3.63, 3.8) is 0 Å². The number of rotatable bonds is 15. The molecule has 0 unspecified atom stereocenters. The Labute approximate surface area is 188 Å². The highest BCUT2D eigenvalue weighted by Gasteiger charge is 2.17. The third kappa shape index (κ3) is 17.0. The van der Waals surface area contributed by atoms with E-state index in [2.05, 4.69) is 24.8 Å². The number of esters is 2. The Morgan fingerprint density at radius 2 is 1.61 bits per heavy atom. The van der Waals surface area contributed by atoms with Gasteiger partial charge in [-0.15, -0.1) is 0 Å². The van der Waals surface area contributed by atoms with Crippen LogP contribution in [0.1, 0.15) is 90.9 Å². The summed E-state index contributed by atoms with van der Waals surface area (Å²) in [7, 11) is 0. The van der Waals surface area contributed by atoms with Crippen molar-refractivity contribution in [3.05, 3.63) is 37.3 Å². The number of ether oxygens (including phenoxy) is 2. The molecule has 0 aromatic rings. The molecule has 6 nitrogen and oxygen atoms in total. The molecule has 0 saturated carbocycles.